The number of hydrogen-bond donors (Lipinski definition) is 1. The second-order valence-corrected chi connectivity index (χ2v) is 5.18. The number of rotatable bonds is 2. The average Bonchev–Trinajstić information content (AvgIpc) is 2.76. The number of anilines is 1. The van der Waals surface area contributed by atoms with Crippen LogP contribution in [-0.4, -0.2) is 5.91 Å². The lowest BCUT2D eigenvalue weighted by Gasteiger charge is -2.08. The number of furan rings is 1. The van der Waals surface area contributed by atoms with Gasteiger partial charge in [0, 0.05) is 16.0 Å². The van der Waals surface area contributed by atoms with Gasteiger partial charge in [-0.2, -0.15) is 0 Å². The summed E-state index contributed by atoms with van der Waals surface area (Å²) >= 11 is 11.9. The van der Waals surface area contributed by atoms with Gasteiger partial charge in [-0.15, -0.1) is 0 Å². The molecule has 0 fully saturated rings. The van der Waals surface area contributed by atoms with Crippen molar-refractivity contribution < 1.29 is 14.3 Å². The number of fused-ring (bicyclic) bond motifs is 1. The van der Waals surface area contributed by atoms with Crippen molar-refractivity contribution in [3.05, 3.63) is 58.1 Å². The van der Waals surface area contributed by atoms with Crippen LogP contribution in [0.1, 0.15) is 10.4 Å². The van der Waals surface area contributed by atoms with Gasteiger partial charge in [-0.3, -0.25) is 4.79 Å². The molecule has 1 heterocycles. The minimum atomic E-state index is -0.711. The van der Waals surface area contributed by atoms with Gasteiger partial charge in [0.25, 0.3) is 5.91 Å². The molecule has 0 saturated carbocycles. The summed E-state index contributed by atoms with van der Waals surface area (Å²) in [5.74, 6) is -1.30. The van der Waals surface area contributed by atoms with Gasteiger partial charge in [0.05, 0.1) is 22.2 Å². The Labute approximate surface area is 129 Å². The van der Waals surface area contributed by atoms with Gasteiger partial charge in [0.1, 0.15) is 0 Å². The first-order valence-electron chi connectivity index (χ1n) is 6.01. The molecular weight excluding hydrogens is 313 g/mol. The molecule has 1 amide bonds. The first kappa shape index (κ1) is 13.8. The van der Waals surface area contributed by atoms with Gasteiger partial charge in [-0.25, -0.2) is 0 Å². The number of amides is 1. The first-order chi connectivity index (χ1) is 10.1. The van der Waals surface area contributed by atoms with Gasteiger partial charge in [0.2, 0.25) is 0 Å². The van der Waals surface area contributed by atoms with Crippen LogP contribution >= 0.6 is 23.2 Å². The number of hydrogen-bond acceptors (Lipinski definition) is 3. The van der Waals surface area contributed by atoms with Crippen molar-refractivity contribution in [2.75, 3.05) is 5.32 Å². The van der Waals surface area contributed by atoms with Crippen LogP contribution in [0, 0.1) is 0 Å². The summed E-state index contributed by atoms with van der Waals surface area (Å²) in [6.07, 6.45) is 0. The Balaban J connectivity index is 2.04. The largest absolute Gasteiger partial charge is 0.578 e. The molecule has 0 aliphatic carbocycles. The zero-order chi connectivity index (χ0) is 15.0. The lowest BCUT2D eigenvalue weighted by molar-refractivity contribution is -0.293. The van der Waals surface area contributed by atoms with Crippen molar-refractivity contribution in [3.8, 4) is 5.95 Å². The van der Waals surface area contributed by atoms with Gasteiger partial charge < -0.3 is 14.8 Å². The number of benzene rings is 2. The van der Waals surface area contributed by atoms with E-state index in [0.717, 1.165) is 0 Å². The normalized spacial score (nSPS) is 10.8. The molecule has 0 bridgehead atoms. The maximum atomic E-state index is 12.3. The minimum absolute atomic E-state index is 0.0904. The van der Waals surface area contributed by atoms with Crippen molar-refractivity contribution in [3.63, 3.8) is 0 Å². The molecule has 1 N–H and O–H groups in total. The van der Waals surface area contributed by atoms with Crippen LogP contribution in [0.15, 0.2) is 46.9 Å². The second kappa shape index (κ2) is 5.31. The first-order valence-corrected chi connectivity index (χ1v) is 6.77. The Kier molecular flexibility index (Phi) is 3.49. The van der Waals surface area contributed by atoms with Crippen molar-refractivity contribution in [1.29, 1.82) is 0 Å². The van der Waals surface area contributed by atoms with E-state index in [1.54, 1.807) is 36.4 Å². The highest BCUT2D eigenvalue weighted by Crippen LogP contribution is 2.32. The van der Waals surface area contributed by atoms with E-state index in [-0.39, 0.29) is 5.56 Å². The fourth-order valence-corrected chi connectivity index (χ4v) is 2.36. The average molecular weight is 321 g/mol. The fourth-order valence-electron chi connectivity index (χ4n) is 2.01. The summed E-state index contributed by atoms with van der Waals surface area (Å²) in [7, 11) is 0. The van der Waals surface area contributed by atoms with E-state index >= 15 is 0 Å². The molecule has 0 saturated heterocycles. The molecular formula is C15H8Cl2NO3-. The van der Waals surface area contributed by atoms with E-state index in [2.05, 4.69) is 5.32 Å². The van der Waals surface area contributed by atoms with Crippen molar-refractivity contribution >= 4 is 45.8 Å². The molecule has 2 aromatic carbocycles. The quantitative estimate of drug-likeness (QED) is 0.774. The summed E-state index contributed by atoms with van der Waals surface area (Å²) in [6.45, 7) is 0. The Morgan fingerprint density at radius 3 is 2.67 bits per heavy atom. The zero-order valence-corrected chi connectivity index (χ0v) is 12.0. The predicted octanol–water partition coefficient (Wildman–Crippen LogP) is 4.07. The number of para-hydroxylation sites is 1. The van der Waals surface area contributed by atoms with Crippen molar-refractivity contribution in [2.24, 2.45) is 0 Å². The fraction of sp³-hybridized carbons (Fsp3) is 0. The van der Waals surface area contributed by atoms with Gasteiger partial charge in [0.15, 0.2) is 0 Å². The summed E-state index contributed by atoms with van der Waals surface area (Å²) in [5.41, 5.74) is 0.640. The molecule has 4 nitrogen and oxygen atoms in total. The summed E-state index contributed by atoms with van der Waals surface area (Å²) in [4.78, 5) is 12.3. The zero-order valence-electron chi connectivity index (χ0n) is 10.5. The maximum Gasteiger partial charge on any atom is 0.258 e. The topological polar surface area (TPSA) is 65.3 Å². The molecule has 0 radical (unpaired) electrons. The van der Waals surface area contributed by atoms with Gasteiger partial charge in [-0.05, 0) is 30.3 Å². The molecule has 0 unspecified atom stereocenters. The van der Waals surface area contributed by atoms with Crippen LogP contribution in [0.25, 0.3) is 11.0 Å². The Hall–Kier alpha value is -2.17. The van der Waals surface area contributed by atoms with E-state index < -0.39 is 11.9 Å². The Bertz CT molecular complexity index is 842. The highest BCUT2D eigenvalue weighted by molar-refractivity contribution is 6.34. The number of carbonyl (C=O) groups excluding carboxylic acids is 1. The summed E-state index contributed by atoms with van der Waals surface area (Å²) in [5, 5.41) is 15.6. The van der Waals surface area contributed by atoms with E-state index in [4.69, 9.17) is 27.6 Å². The molecule has 0 atom stereocenters. The molecule has 106 valence electrons. The van der Waals surface area contributed by atoms with E-state index in [0.29, 0.717) is 26.7 Å². The lowest BCUT2D eigenvalue weighted by Crippen LogP contribution is -2.13. The molecule has 6 heteroatoms. The monoisotopic (exact) mass is 320 g/mol. The third-order valence-electron chi connectivity index (χ3n) is 2.97. The van der Waals surface area contributed by atoms with Crippen molar-refractivity contribution in [1.82, 2.24) is 0 Å². The molecule has 0 aliphatic heterocycles. The molecule has 1 aromatic heterocycles. The van der Waals surface area contributed by atoms with E-state index in [1.807, 2.05) is 0 Å². The van der Waals surface area contributed by atoms with E-state index in [9.17, 15) is 9.90 Å². The molecule has 0 spiro atoms. The summed E-state index contributed by atoms with van der Waals surface area (Å²) in [6, 6.07) is 11.4. The molecule has 3 rings (SSSR count). The summed E-state index contributed by atoms with van der Waals surface area (Å²) < 4.78 is 5.04. The second-order valence-electron chi connectivity index (χ2n) is 4.34. The van der Waals surface area contributed by atoms with Crippen LogP contribution in [-0.2, 0) is 0 Å². The van der Waals surface area contributed by atoms with Crippen LogP contribution in [0.2, 0.25) is 10.0 Å². The molecule has 21 heavy (non-hydrogen) atoms. The Morgan fingerprint density at radius 1 is 1.14 bits per heavy atom. The van der Waals surface area contributed by atoms with Crippen LogP contribution in [0.4, 0.5) is 5.69 Å². The number of halogens is 2. The Morgan fingerprint density at radius 2 is 1.90 bits per heavy atom. The standard InChI is InChI=1S/C15H9Cl2NO3/c16-8-5-6-12-9(7-8)13(15(20)21-12)14(19)18-11-4-2-1-3-10(11)17/h1-7,20H,(H,18,19)/p-1. The predicted molar refractivity (Wildman–Crippen MR) is 80.1 cm³/mol. The highest BCUT2D eigenvalue weighted by atomic mass is 35.5. The minimum Gasteiger partial charge on any atom is -0.578 e. The third kappa shape index (κ3) is 2.55. The third-order valence-corrected chi connectivity index (χ3v) is 3.53. The SMILES string of the molecule is O=C(Nc1ccccc1Cl)c1c([O-])oc2ccc(Cl)cc12. The van der Waals surface area contributed by atoms with Crippen LogP contribution in [0.3, 0.4) is 0 Å². The molecule has 3 aromatic rings. The number of nitrogens with one attached hydrogen (secondary N) is 1. The molecule has 0 aliphatic rings. The van der Waals surface area contributed by atoms with Crippen molar-refractivity contribution in [2.45, 2.75) is 0 Å². The van der Waals surface area contributed by atoms with Gasteiger partial charge in [-0.1, -0.05) is 35.3 Å². The van der Waals surface area contributed by atoms with E-state index in [1.165, 1.54) is 6.07 Å². The number of carbonyl (C=O) groups is 1. The van der Waals surface area contributed by atoms with Crippen LogP contribution in [0.5, 0.6) is 5.95 Å². The smallest absolute Gasteiger partial charge is 0.258 e. The van der Waals surface area contributed by atoms with Gasteiger partial charge >= 0.3 is 0 Å². The maximum absolute atomic E-state index is 12.3. The lowest BCUT2D eigenvalue weighted by atomic mass is 10.1. The highest BCUT2D eigenvalue weighted by Gasteiger charge is 2.15. The van der Waals surface area contributed by atoms with Crippen LogP contribution < -0.4 is 10.4 Å².